The summed E-state index contributed by atoms with van der Waals surface area (Å²) in [5, 5.41) is 5.74. The van der Waals surface area contributed by atoms with Gasteiger partial charge in [0.2, 0.25) is 11.8 Å². The highest BCUT2D eigenvalue weighted by Crippen LogP contribution is 2.26. The van der Waals surface area contributed by atoms with E-state index in [1.165, 1.54) is 22.6 Å². The molecule has 3 heterocycles. The van der Waals surface area contributed by atoms with Crippen LogP contribution in [0.15, 0.2) is 26.2 Å². The van der Waals surface area contributed by atoms with E-state index in [-0.39, 0.29) is 11.9 Å². The van der Waals surface area contributed by atoms with Gasteiger partial charge in [-0.3, -0.25) is 4.79 Å². The number of carbonyl (C=O) groups excluding carboxylic acids is 1. The zero-order chi connectivity index (χ0) is 20.3. The van der Waals surface area contributed by atoms with E-state index in [0.717, 1.165) is 6.42 Å². The van der Waals surface area contributed by atoms with Gasteiger partial charge >= 0.3 is 0 Å². The minimum Gasteiger partial charge on any atom is -0.339 e. The van der Waals surface area contributed by atoms with Gasteiger partial charge in [-0.05, 0) is 23.8 Å². The number of amides is 1. The molecule has 154 valence electrons. The van der Waals surface area contributed by atoms with E-state index in [0.29, 0.717) is 54.3 Å². The molecule has 3 rings (SSSR count). The van der Waals surface area contributed by atoms with Gasteiger partial charge in [-0.25, -0.2) is 8.42 Å². The van der Waals surface area contributed by atoms with Crippen LogP contribution in [0.3, 0.4) is 0 Å². The average molecular weight is 427 g/mol. The van der Waals surface area contributed by atoms with Crippen LogP contribution in [-0.4, -0.2) is 59.3 Å². The maximum atomic E-state index is 12.7. The molecule has 2 aromatic heterocycles. The van der Waals surface area contributed by atoms with Gasteiger partial charge in [0.05, 0.1) is 0 Å². The molecule has 0 aliphatic carbocycles. The fraction of sp³-hybridized carbons (Fsp3) is 0.611. The standard InChI is InChI=1S/C18H26N4O4S2/c1-13(2)11-17-19-16(20-26-17)7-9-22(14(3)23)15-6-8-21(12-15)28(24,25)18-5-4-10-27-18/h4-5,10,13,15H,6-9,11-12H2,1-3H3. The van der Waals surface area contributed by atoms with Gasteiger partial charge in [0.25, 0.3) is 10.0 Å². The molecule has 1 unspecified atom stereocenters. The maximum Gasteiger partial charge on any atom is 0.252 e. The summed E-state index contributed by atoms with van der Waals surface area (Å²) in [7, 11) is -3.49. The molecule has 0 radical (unpaired) electrons. The molecule has 0 N–H and O–H groups in total. The molecule has 2 aromatic rings. The zero-order valence-electron chi connectivity index (χ0n) is 16.4. The number of thiophene rings is 1. The van der Waals surface area contributed by atoms with E-state index >= 15 is 0 Å². The van der Waals surface area contributed by atoms with Crippen LogP contribution in [0.1, 0.15) is 38.9 Å². The second-order valence-corrected chi connectivity index (χ2v) is 10.5. The van der Waals surface area contributed by atoms with Crippen LogP contribution in [0.4, 0.5) is 0 Å². The number of hydrogen-bond donors (Lipinski definition) is 0. The third kappa shape index (κ3) is 4.79. The Kier molecular flexibility index (Phi) is 6.51. The topological polar surface area (TPSA) is 96.6 Å². The van der Waals surface area contributed by atoms with Gasteiger partial charge in [0.1, 0.15) is 4.21 Å². The lowest BCUT2D eigenvalue weighted by atomic mass is 10.1. The number of aromatic nitrogens is 2. The minimum absolute atomic E-state index is 0.0775. The highest BCUT2D eigenvalue weighted by Gasteiger charge is 2.36. The fourth-order valence-corrected chi connectivity index (χ4v) is 6.00. The van der Waals surface area contributed by atoms with Crippen molar-refractivity contribution in [3.8, 4) is 0 Å². The molecule has 8 nitrogen and oxygen atoms in total. The third-order valence-electron chi connectivity index (χ3n) is 4.73. The van der Waals surface area contributed by atoms with Gasteiger partial charge in [0, 0.05) is 45.4 Å². The van der Waals surface area contributed by atoms with Crippen molar-refractivity contribution in [2.75, 3.05) is 19.6 Å². The van der Waals surface area contributed by atoms with Crippen molar-refractivity contribution in [3.63, 3.8) is 0 Å². The summed E-state index contributed by atoms with van der Waals surface area (Å²) < 4.78 is 32.5. The number of carbonyl (C=O) groups is 1. The average Bonchev–Trinajstić information content (AvgIpc) is 3.36. The van der Waals surface area contributed by atoms with Crippen molar-refractivity contribution >= 4 is 27.3 Å². The fourth-order valence-electron chi connectivity index (χ4n) is 3.36. The molecule has 28 heavy (non-hydrogen) atoms. The quantitative estimate of drug-likeness (QED) is 0.642. The summed E-state index contributed by atoms with van der Waals surface area (Å²) in [6, 6.07) is 3.20. The predicted molar refractivity (Wildman–Crippen MR) is 105 cm³/mol. The first-order valence-electron chi connectivity index (χ1n) is 9.39. The molecule has 1 aliphatic heterocycles. The number of sulfonamides is 1. The Balaban J connectivity index is 1.62. The van der Waals surface area contributed by atoms with E-state index < -0.39 is 10.0 Å². The Labute approximate surface area is 169 Å². The largest absolute Gasteiger partial charge is 0.339 e. The summed E-state index contributed by atoms with van der Waals surface area (Å²) in [5.41, 5.74) is 0. The molecule has 10 heteroatoms. The lowest BCUT2D eigenvalue weighted by Gasteiger charge is -2.27. The highest BCUT2D eigenvalue weighted by molar-refractivity contribution is 7.91. The Hall–Kier alpha value is -1.78. The van der Waals surface area contributed by atoms with Gasteiger partial charge < -0.3 is 9.42 Å². The SMILES string of the molecule is CC(=O)N(CCc1noc(CC(C)C)n1)C1CCN(S(=O)(=O)c2cccs2)C1. The number of hydrogen-bond acceptors (Lipinski definition) is 7. The molecule has 1 saturated heterocycles. The van der Waals surface area contributed by atoms with E-state index in [2.05, 4.69) is 24.0 Å². The summed E-state index contributed by atoms with van der Waals surface area (Å²) in [4.78, 5) is 18.3. The summed E-state index contributed by atoms with van der Waals surface area (Å²) in [5.74, 6) is 1.53. The Morgan fingerprint density at radius 2 is 2.25 bits per heavy atom. The first kappa shape index (κ1) is 20.9. The van der Waals surface area contributed by atoms with Crippen LogP contribution in [-0.2, 0) is 27.7 Å². The van der Waals surface area contributed by atoms with Gasteiger partial charge in [-0.2, -0.15) is 9.29 Å². The van der Waals surface area contributed by atoms with Gasteiger partial charge in [-0.1, -0.05) is 25.1 Å². The highest BCUT2D eigenvalue weighted by atomic mass is 32.2. The lowest BCUT2D eigenvalue weighted by molar-refractivity contribution is -0.130. The van der Waals surface area contributed by atoms with Crippen molar-refractivity contribution < 1.29 is 17.7 Å². The van der Waals surface area contributed by atoms with E-state index in [9.17, 15) is 13.2 Å². The normalized spacial score (nSPS) is 18.1. The van der Waals surface area contributed by atoms with Gasteiger partial charge in [0.15, 0.2) is 5.82 Å². The monoisotopic (exact) mass is 426 g/mol. The Morgan fingerprint density at radius 3 is 2.89 bits per heavy atom. The molecule has 0 bridgehead atoms. The van der Waals surface area contributed by atoms with Crippen LogP contribution in [0.2, 0.25) is 0 Å². The van der Waals surface area contributed by atoms with Crippen LogP contribution in [0, 0.1) is 5.92 Å². The van der Waals surface area contributed by atoms with E-state index in [1.54, 1.807) is 22.4 Å². The minimum atomic E-state index is -3.49. The van der Waals surface area contributed by atoms with Crippen LogP contribution < -0.4 is 0 Å². The smallest absolute Gasteiger partial charge is 0.252 e. The molecular formula is C18H26N4O4S2. The van der Waals surface area contributed by atoms with Crippen molar-refractivity contribution in [1.29, 1.82) is 0 Å². The second-order valence-electron chi connectivity index (χ2n) is 7.40. The Morgan fingerprint density at radius 1 is 1.46 bits per heavy atom. The van der Waals surface area contributed by atoms with Crippen LogP contribution >= 0.6 is 11.3 Å². The molecule has 0 aromatic carbocycles. The third-order valence-corrected chi connectivity index (χ3v) is 7.97. The Bertz CT molecular complexity index is 893. The zero-order valence-corrected chi connectivity index (χ0v) is 18.0. The second kappa shape index (κ2) is 8.71. The molecule has 1 fully saturated rings. The number of rotatable bonds is 8. The molecule has 1 aliphatic rings. The first-order chi connectivity index (χ1) is 13.3. The molecular weight excluding hydrogens is 400 g/mol. The van der Waals surface area contributed by atoms with Crippen LogP contribution in [0.25, 0.3) is 0 Å². The van der Waals surface area contributed by atoms with Crippen molar-refractivity contribution in [2.45, 2.75) is 50.3 Å². The van der Waals surface area contributed by atoms with Crippen molar-refractivity contribution in [3.05, 3.63) is 29.2 Å². The maximum absolute atomic E-state index is 12.7. The summed E-state index contributed by atoms with van der Waals surface area (Å²) in [6.07, 6.45) is 1.83. The molecule has 0 saturated carbocycles. The van der Waals surface area contributed by atoms with E-state index in [4.69, 9.17) is 4.52 Å². The lowest BCUT2D eigenvalue weighted by Crippen LogP contribution is -2.42. The molecule has 0 spiro atoms. The number of nitrogens with zero attached hydrogens (tertiary/aromatic N) is 4. The summed E-state index contributed by atoms with van der Waals surface area (Å²) >= 11 is 1.21. The first-order valence-corrected chi connectivity index (χ1v) is 11.7. The van der Waals surface area contributed by atoms with E-state index in [1.807, 2.05) is 0 Å². The molecule has 1 amide bonds. The molecule has 1 atom stereocenters. The summed E-state index contributed by atoms with van der Waals surface area (Å²) in [6.45, 7) is 6.83. The van der Waals surface area contributed by atoms with Gasteiger partial charge in [-0.15, -0.1) is 11.3 Å². The predicted octanol–water partition coefficient (Wildman–Crippen LogP) is 2.18. The van der Waals surface area contributed by atoms with Crippen molar-refractivity contribution in [2.24, 2.45) is 5.92 Å². The van der Waals surface area contributed by atoms with Crippen LogP contribution in [0.5, 0.6) is 0 Å². The van der Waals surface area contributed by atoms with Crippen molar-refractivity contribution in [1.82, 2.24) is 19.3 Å².